The SMILES string of the molecule is CCCCC(=O)Oc1ccc(C[C@H](N)C(=O)O[C@@H](C)COC(=O)C(C)CCC)cc1OC(=O)CCCC. The number of carbonyl (C=O) groups is 4. The van der Waals surface area contributed by atoms with Crippen molar-refractivity contribution in [1.29, 1.82) is 0 Å². The Morgan fingerprint density at radius 1 is 0.838 bits per heavy atom. The molecular weight excluding hydrogens is 478 g/mol. The minimum absolute atomic E-state index is 0.0543. The lowest BCUT2D eigenvalue weighted by Crippen LogP contribution is -2.37. The third-order valence-corrected chi connectivity index (χ3v) is 5.58. The number of benzene rings is 1. The number of hydrogen-bond donors (Lipinski definition) is 1. The van der Waals surface area contributed by atoms with Crippen molar-refractivity contribution in [2.75, 3.05) is 6.61 Å². The summed E-state index contributed by atoms with van der Waals surface area (Å²) >= 11 is 0. The Morgan fingerprint density at radius 2 is 1.43 bits per heavy atom. The molecule has 0 aliphatic heterocycles. The van der Waals surface area contributed by atoms with Gasteiger partial charge in [-0.25, -0.2) is 0 Å². The molecule has 0 bridgehead atoms. The van der Waals surface area contributed by atoms with E-state index in [4.69, 9.17) is 24.7 Å². The van der Waals surface area contributed by atoms with Gasteiger partial charge in [0.05, 0.1) is 5.92 Å². The quantitative estimate of drug-likeness (QED) is 0.230. The minimum atomic E-state index is -1.00. The van der Waals surface area contributed by atoms with Crippen molar-refractivity contribution < 1.29 is 38.1 Å². The second-order valence-corrected chi connectivity index (χ2v) is 9.31. The standard InChI is InChI=1S/C28H43NO8/c1-6-9-12-25(30)36-23-15-14-21(17-24(23)37-26(31)13-10-7-2)16-22(29)28(33)35-20(5)18-34-27(32)19(4)11-8-3/h14-15,17,19-20,22H,6-13,16,18,29H2,1-5H3/t19?,20-,22-/m0/s1. The highest BCUT2D eigenvalue weighted by atomic mass is 16.6. The molecule has 0 saturated carbocycles. The van der Waals surface area contributed by atoms with Crippen LogP contribution in [0.3, 0.4) is 0 Å². The number of esters is 4. The summed E-state index contributed by atoms with van der Waals surface area (Å²) in [5, 5.41) is 0. The van der Waals surface area contributed by atoms with Crippen LogP contribution in [-0.4, -0.2) is 42.6 Å². The maximum atomic E-state index is 12.5. The van der Waals surface area contributed by atoms with Crippen molar-refractivity contribution in [2.24, 2.45) is 11.7 Å². The van der Waals surface area contributed by atoms with E-state index in [0.29, 0.717) is 18.4 Å². The lowest BCUT2D eigenvalue weighted by atomic mass is 10.1. The molecule has 0 spiro atoms. The number of ether oxygens (including phenoxy) is 4. The fourth-order valence-electron chi connectivity index (χ4n) is 3.38. The zero-order valence-electron chi connectivity index (χ0n) is 22.9. The lowest BCUT2D eigenvalue weighted by Gasteiger charge is -2.18. The Kier molecular flexibility index (Phi) is 15.2. The summed E-state index contributed by atoms with van der Waals surface area (Å²) in [4.78, 5) is 48.8. The topological polar surface area (TPSA) is 131 Å². The van der Waals surface area contributed by atoms with Crippen molar-refractivity contribution >= 4 is 23.9 Å². The average molecular weight is 522 g/mol. The van der Waals surface area contributed by atoms with Gasteiger partial charge in [-0.15, -0.1) is 0 Å². The molecule has 0 heterocycles. The fraction of sp³-hybridized carbons (Fsp3) is 0.643. The van der Waals surface area contributed by atoms with Crippen LogP contribution in [0.25, 0.3) is 0 Å². The van der Waals surface area contributed by atoms with Gasteiger partial charge in [0, 0.05) is 12.8 Å². The molecule has 208 valence electrons. The van der Waals surface area contributed by atoms with E-state index in [1.54, 1.807) is 26.0 Å². The van der Waals surface area contributed by atoms with Crippen LogP contribution in [-0.2, 0) is 35.1 Å². The number of nitrogens with two attached hydrogens (primary N) is 1. The Labute approximate surface area is 220 Å². The van der Waals surface area contributed by atoms with Gasteiger partial charge in [-0.2, -0.15) is 0 Å². The van der Waals surface area contributed by atoms with Gasteiger partial charge < -0.3 is 24.7 Å². The molecule has 0 radical (unpaired) electrons. The Hall–Kier alpha value is -2.94. The van der Waals surface area contributed by atoms with Crippen LogP contribution in [0.15, 0.2) is 18.2 Å². The van der Waals surface area contributed by atoms with Crippen molar-refractivity contribution in [3.05, 3.63) is 23.8 Å². The molecule has 9 heteroatoms. The molecule has 0 fully saturated rings. The smallest absolute Gasteiger partial charge is 0.323 e. The van der Waals surface area contributed by atoms with Gasteiger partial charge in [0.15, 0.2) is 11.5 Å². The van der Waals surface area contributed by atoms with Crippen LogP contribution in [0, 0.1) is 5.92 Å². The van der Waals surface area contributed by atoms with E-state index >= 15 is 0 Å². The molecule has 1 rings (SSSR count). The maximum Gasteiger partial charge on any atom is 0.323 e. The molecule has 9 nitrogen and oxygen atoms in total. The molecule has 0 aromatic heterocycles. The van der Waals surface area contributed by atoms with Gasteiger partial charge in [-0.1, -0.05) is 53.0 Å². The lowest BCUT2D eigenvalue weighted by molar-refractivity contribution is -0.161. The van der Waals surface area contributed by atoms with E-state index in [9.17, 15) is 19.2 Å². The van der Waals surface area contributed by atoms with Crippen LogP contribution in [0.5, 0.6) is 11.5 Å². The molecule has 1 unspecified atom stereocenters. The molecular formula is C28H43NO8. The third kappa shape index (κ3) is 12.7. The number of unbranched alkanes of at least 4 members (excludes halogenated alkanes) is 2. The van der Waals surface area contributed by atoms with Crippen LogP contribution in [0.2, 0.25) is 0 Å². The molecule has 0 saturated heterocycles. The highest BCUT2D eigenvalue weighted by Gasteiger charge is 2.22. The number of hydrogen-bond acceptors (Lipinski definition) is 9. The van der Waals surface area contributed by atoms with E-state index in [1.807, 2.05) is 20.8 Å². The molecule has 3 atom stereocenters. The predicted molar refractivity (Wildman–Crippen MR) is 139 cm³/mol. The maximum absolute atomic E-state index is 12.5. The zero-order valence-corrected chi connectivity index (χ0v) is 22.9. The summed E-state index contributed by atoms with van der Waals surface area (Å²) in [5.41, 5.74) is 6.66. The Balaban J connectivity index is 2.81. The van der Waals surface area contributed by atoms with Crippen LogP contribution in [0.1, 0.15) is 91.5 Å². The summed E-state index contributed by atoms with van der Waals surface area (Å²) in [6.45, 7) is 9.29. The molecule has 0 aliphatic rings. The molecule has 0 amide bonds. The van der Waals surface area contributed by atoms with Crippen LogP contribution in [0.4, 0.5) is 0 Å². The summed E-state index contributed by atoms with van der Waals surface area (Å²) in [5.74, 6) is -1.81. The highest BCUT2D eigenvalue weighted by Crippen LogP contribution is 2.30. The van der Waals surface area contributed by atoms with E-state index in [1.165, 1.54) is 6.07 Å². The van der Waals surface area contributed by atoms with Gasteiger partial charge in [-0.3, -0.25) is 19.2 Å². The van der Waals surface area contributed by atoms with E-state index < -0.39 is 30.1 Å². The fourth-order valence-corrected chi connectivity index (χ4v) is 3.38. The monoisotopic (exact) mass is 521 g/mol. The second kappa shape index (κ2) is 17.5. The molecule has 1 aromatic carbocycles. The van der Waals surface area contributed by atoms with Gasteiger partial charge in [-0.05, 0) is 50.3 Å². The van der Waals surface area contributed by atoms with Crippen molar-refractivity contribution in [3.63, 3.8) is 0 Å². The predicted octanol–water partition coefficient (Wildman–Crippen LogP) is 4.66. The van der Waals surface area contributed by atoms with Crippen LogP contribution < -0.4 is 15.2 Å². The first-order valence-electron chi connectivity index (χ1n) is 13.3. The van der Waals surface area contributed by atoms with E-state index in [0.717, 1.165) is 25.7 Å². The Bertz CT molecular complexity index is 885. The zero-order chi connectivity index (χ0) is 27.8. The normalized spacial score (nSPS) is 13.2. The van der Waals surface area contributed by atoms with Crippen molar-refractivity contribution in [2.45, 2.75) is 105 Å². The number of rotatable bonds is 17. The van der Waals surface area contributed by atoms with Gasteiger partial charge in [0.25, 0.3) is 0 Å². The van der Waals surface area contributed by atoms with E-state index in [-0.39, 0.29) is 49.3 Å². The highest BCUT2D eigenvalue weighted by molar-refractivity contribution is 5.77. The first-order valence-corrected chi connectivity index (χ1v) is 13.3. The van der Waals surface area contributed by atoms with Crippen molar-refractivity contribution in [1.82, 2.24) is 0 Å². The molecule has 0 aliphatic carbocycles. The van der Waals surface area contributed by atoms with Gasteiger partial charge in [0.2, 0.25) is 0 Å². The summed E-state index contributed by atoms with van der Waals surface area (Å²) in [6, 6.07) is 3.72. The van der Waals surface area contributed by atoms with Gasteiger partial charge in [0.1, 0.15) is 18.8 Å². The Morgan fingerprint density at radius 3 is 2.00 bits per heavy atom. The summed E-state index contributed by atoms with van der Waals surface area (Å²) in [7, 11) is 0. The second-order valence-electron chi connectivity index (χ2n) is 9.31. The molecule has 2 N–H and O–H groups in total. The van der Waals surface area contributed by atoms with Gasteiger partial charge >= 0.3 is 23.9 Å². The summed E-state index contributed by atoms with van der Waals surface area (Å²) < 4.78 is 21.4. The van der Waals surface area contributed by atoms with Crippen molar-refractivity contribution in [3.8, 4) is 11.5 Å². The summed E-state index contributed by atoms with van der Waals surface area (Å²) in [6.07, 6.45) is 4.57. The first kappa shape index (κ1) is 32.1. The van der Waals surface area contributed by atoms with Crippen LogP contribution >= 0.6 is 0 Å². The first-order chi connectivity index (χ1) is 17.6. The third-order valence-electron chi connectivity index (χ3n) is 5.58. The van der Waals surface area contributed by atoms with E-state index in [2.05, 4.69) is 0 Å². The number of carbonyl (C=O) groups excluding carboxylic acids is 4. The largest absolute Gasteiger partial charge is 0.462 e. The molecule has 37 heavy (non-hydrogen) atoms. The minimum Gasteiger partial charge on any atom is -0.462 e. The molecule has 1 aromatic rings. The average Bonchev–Trinajstić information content (AvgIpc) is 2.86.